The topological polar surface area (TPSA) is 135 Å². The second-order valence-corrected chi connectivity index (χ2v) is 8.29. The van der Waals surface area contributed by atoms with E-state index in [2.05, 4.69) is 10.6 Å². The molecule has 1 atom stereocenters. The normalized spacial score (nSPS) is 11.2. The fraction of sp³-hybridized carbons (Fsp3) is 0.250. The van der Waals surface area contributed by atoms with Crippen molar-refractivity contribution in [2.75, 3.05) is 21.3 Å². The van der Waals surface area contributed by atoms with Crippen molar-refractivity contribution in [1.29, 1.82) is 0 Å². The average molecular weight is 522 g/mol. The lowest BCUT2D eigenvalue weighted by atomic mass is 10.0. The third-order valence-electron chi connectivity index (χ3n) is 5.85. The van der Waals surface area contributed by atoms with Gasteiger partial charge in [0.05, 0.1) is 21.3 Å². The molecule has 0 saturated heterocycles. The Hall–Kier alpha value is -4.57. The number of hydrogen-bond donors (Lipinski definition) is 4. The van der Waals surface area contributed by atoms with Gasteiger partial charge in [-0.05, 0) is 47.4 Å². The molecule has 0 aliphatic heterocycles. The highest BCUT2D eigenvalue weighted by molar-refractivity contribution is 5.98. The van der Waals surface area contributed by atoms with Crippen LogP contribution >= 0.6 is 0 Å². The van der Waals surface area contributed by atoms with Crippen LogP contribution in [0.25, 0.3) is 11.1 Å². The minimum absolute atomic E-state index is 0.0265. The second-order valence-electron chi connectivity index (χ2n) is 8.29. The zero-order valence-electron chi connectivity index (χ0n) is 21.4. The summed E-state index contributed by atoms with van der Waals surface area (Å²) in [4.78, 5) is 37.6. The van der Waals surface area contributed by atoms with E-state index in [0.717, 1.165) is 11.1 Å². The lowest BCUT2D eigenvalue weighted by Gasteiger charge is -2.19. The number of benzene rings is 3. The van der Waals surface area contributed by atoms with Crippen molar-refractivity contribution in [2.24, 2.45) is 0 Å². The van der Waals surface area contributed by atoms with E-state index in [1.807, 2.05) is 42.5 Å². The predicted octanol–water partition coefficient (Wildman–Crippen LogP) is 3.08. The minimum Gasteiger partial charge on any atom is -0.493 e. The monoisotopic (exact) mass is 521 g/mol. The summed E-state index contributed by atoms with van der Waals surface area (Å²) in [5.74, 6) is -0.364. The van der Waals surface area contributed by atoms with Crippen LogP contribution in [-0.4, -0.2) is 50.3 Å². The van der Waals surface area contributed by atoms with Crippen LogP contribution < -0.4 is 30.3 Å². The molecule has 10 heteroatoms. The Labute approximate surface area is 220 Å². The molecule has 4 N–H and O–H groups in total. The first-order valence-corrected chi connectivity index (χ1v) is 11.9. The maximum absolute atomic E-state index is 13.0. The Morgan fingerprint density at radius 2 is 1.45 bits per heavy atom. The van der Waals surface area contributed by atoms with Gasteiger partial charge in [-0.2, -0.15) is 0 Å². The zero-order valence-corrected chi connectivity index (χ0v) is 21.4. The van der Waals surface area contributed by atoms with E-state index in [1.54, 1.807) is 24.3 Å². The van der Waals surface area contributed by atoms with Crippen LogP contribution in [0.3, 0.4) is 0 Å². The van der Waals surface area contributed by atoms with Crippen LogP contribution in [0.2, 0.25) is 0 Å². The SMILES string of the molecule is COc1cc(CNC(=O)[C@H](CCC(=O)NO)NC(=O)c2ccc(-c3ccccc3)cc2)cc(OC)c1OC. The number of carbonyl (C=O) groups excluding carboxylic acids is 3. The Morgan fingerprint density at radius 3 is 2.00 bits per heavy atom. The summed E-state index contributed by atoms with van der Waals surface area (Å²) in [5.41, 5.74) is 4.52. The number of nitrogens with one attached hydrogen (secondary N) is 3. The molecule has 0 saturated carbocycles. The van der Waals surface area contributed by atoms with Gasteiger partial charge in [-0.3, -0.25) is 19.6 Å². The molecule has 10 nitrogen and oxygen atoms in total. The molecule has 0 heterocycles. The Kier molecular flexibility index (Phi) is 10.1. The lowest BCUT2D eigenvalue weighted by Crippen LogP contribution is -2.47. The van der Waals surface area contributed by atoms with Crippen LogP contribution in [0.1, 0.15) is 28.8 Å². The summed E-state index contributed by atoms with van der Waals surface area (Å²) >= 11 is 0. The van der Waals surface area contributed by atoms with E-state index >= 15 is 0 Å². The first kappa shape index (κ1) is 28.0. The number of carbonyl (C=O) groups is 3. The highest BCUT2D eigenvalue weighted by Crippen LogP contribution is 2.38. The first-order valence-electron chi connectivity index (χ1n) is 11.9. The van der Waals surface area contributed by atoms with E-state index in [4.69, 9.17) is 19.4 Å². The summed E-state index contributed by atoms with van der Waals surface area (Å²) in [6.07, 6.45) is -0.201. The standard InChI is InChI=1S/C28H31N3O7/c1-36-23-15-18(16-24(37-2)26(23)38-3)17-29-28(34)22(13-14-25(32)31-35)30-27(33)21-11-9-20(10-12-21)19-7-5-4-6-8-19/h4-12,15-16,22,35H,13-14,17H2,1-3H3,(H,29,34)(H,30,33)(H,31,32)/t22-/m0/s1. The summed E-state index contributed by atoms with van der Waals surface area (Å²) in [7, 11) is 4.47. The van der Waals surface area contributed by atoms with Gasteiger partial charge in [-0.15, -0.1) is 0 Å². The van der Waals surface area contributed by atoms with Gasteiger partial charge in [-0.25, -0.2) is 5.48 Å². The highest BCUT2D eigenvalue weighted by Gasteiger charge is 2.23. The number of hydrogen-bond acceptors (Lipinski definition) is 7. The van der Waals surface area contributed by atoms with E-state index < -0.39 is 23.8 Å². The molecule has 3 aromatic rings. The van der Waals surface area contributed by atoms with Gasteiger partial charge in [0.25, 0.3) is 5.91 Å². The van der Waals surface area contributed by atoms with Gasteiger partial charge in [-0.1, -0.05) is 42.5 Å². The Balaban J connectivity index is 1.72. The van der Waals surface area contributed by atoms with Crippen molar-refractivity contribution in [1.82, 2.24) is 16.1 Å². The van der Waals surface area contributed by atoms with Crippen molar-refractivity contribution in [3.63, 3.8) is 0 Å². The molecule has 3 amide bonds. The van der Waals surface area contributed by atoms with Crippen LogP contribution in [0.15, 0.2) is 66.7 Å². The van der Waals surface area contributed by atoms with E-state index in [1.165, 1.54) is 26.8 Å². The van der Waals surface area contributed by atoms with Gasteiger partial charge < -0.3 is 24.8 Å². The van der Waals surface area contributed by atoms with Crippen molar-refractivity contribution in [2.45, 2.75) is 25.4 Å². The largest absolute Gasteiger partial charge is 0.493 e. The van der Waals surface area contributed by atoms with Gasteiger partial charge >= 0.3 is 0 Å². The number of rotatable bonds is 12. The molecule has 200 valence electrons. The molecule has 0 aliphatic carbocycles. The Bertz CT molecular complexity index is 1220. The summed E-state index contributed by atoms with van der Waals surface area (Å²) in [5, 5.41) is 14.3. The first-order chi connectivity index (χ1) is 18.4. The van der Waals surface area contributed by atoms with Crippen molar-refractivity contribution in [3.8, 4) is 28.4 Å². The molecule has 3 aromatic carbocycles. The quantitative estimate of drug-likeness (QED) is 0.212. The van der Waals surface area contributed by atoms with Gasteiger partial charge in [0.15, 0.2) is 11.5 Å². The molecule has 3 rings (SSSR count). The van der Waals surface area contributed by atoms with Gasteiger partial charge in [0, 0.05) is 18.5 Å². The second kappa shape index (κ2) is 13.7. The van der Waals surface area contributed by atoms with Gasteiger partial charge in [0.1, 0.15) is 6.04 Å². The highest BCUT2D eigenvalue weighted by atomic mass is 16.5. The fourth-order valence-electron chi connectivity index (χ4n) is 3.84. The van der Waals surface area contributed by atoms with Crippen LogP contribution in [-0.2, 0) is 16.1 Å². The molecule has 0 aromatic heterocycles. The van der Waals surface area contributed by atoms with Crippen LogP contribution in [0.4, 0.5) is 0 Å². The van der Waals surface area contributed by atoms with Crippen LogP contribution in [0, 0.1) is 0 Å². The molecule has 0 aliphatic rings. The molecule has 0 fully saturated rings. The van der Waals surface area contributed by atoms with Gasteiger partial charge in [0.2, 0.25) is 17.6 Å². The molecule has 0 radical (unpaired) electrons. The predicted molar refractivity (Wildman–Crippen MR) is 140 cm³/mol. The van der Waals surface area contributed by atoms with Crippen molar-refractivity contribution < 1.29 is 33.8 Å². The zero-order chi connectivity index (χ0) is 27.5. The van der Waals surface area contributed by atoms with E-state index in [-0.39, 0.29) is 19.4 Å². The summed E-state index contributed by atoms with van der Waals surface area (Å²) < 4.78 is 16.0. The summed E-state index contributed by atoms with van der Waals surface area (Å²) in [6.45, 7) is 0.0971. The number of hydroxylamine groups is 1. The molecular formula is C28H31N3O7. The molecule has 0 unspecified atom stereocenters. The number of ether oxygens (including phenoxy) is 3. The molecule has 0 spiro atoms. The van der Waals surface area contributed by atoms with E-state index in [9.17, 15) is 14.4 Å². The third kappa shape index (κ3) is 7.23. The van der Waals surface area contributed by atoms with Crippen LogP contribution in [0.5, 0.6) is 17.2 Å². The van der Waals surface area contributed by atoms with E-state index in [0.29, 0.717) is 28.4 Å². The van der Waals surface area contributed by atoms with Crippen molar-refractivity contribution >= 4 is 17.7 Å². The average Bonchev–Trinajstić information content (AvgIpc) is 2.97. The fourth-order valence-corrected chi connectivity index (χ4v) is 3.84. The van der Waals surface area contributed by atoms with Crippen molar-refractivity contribution in [3.05, 3.63) is 77.9 Å². The molecule has 38 heavy (non-hydrogen) atoms. The number of amides is 3. The molecular weight excluding hydrogens is 490 g/mol. The minimum atomic E-state index is -1.03. The third-order valence-corrected chi connectivity index (χ3v) is 5.85. The smallest absolute Gasteiger partial charge is 0.251 e. The maximum Gasteiger partial charge on any atom is 0.251 e. The maximum atomic E-state index is 13.0. The lowest BCUT2D eigenvalue weighted by molar-refractivity contribution is -0.129. The number of methoxy groups -OCH3 is 3. The summed E-state index contributed by atoms with van der Waals surface area (Å²) in [6, 6.07) is 19.1. The molecule has 0 bridgehead atoms. The Morgan fingerprint density at radius 1 is 0.842 bits per heavy atom.